The molecule has 0 aliphatic rings. The van der Waals surface area contributed by atoms with E-state index in [0.29, 0.717) is 23.1 Å². The first-order valence-electron chi connectivity index (χ1n) is 5.97. The normalized spacial score (nSPS) is 9.90. The van der Waals surface area contributed by atoms with Crippen LogP contribution in [0.1, 0.15) is 5.56 Å². The lowest BCUT2D eigenvalue weighted by Crippen LogP contribution is -2.28. The van der Waals surface area contributed by atoms with Crippen molar-refractivity contribution in [3.05, 3.63) is 53.2 Å². The maximum atomic E-state index is 11.8. The van der Waals surface area contributed by atoms with E-state index < -0.39 is 0 Å². The van der Waals surface area contributed by atoms with Gasteiger partial charge in [0.2, 0.25) is 5.88 Å². The molecule has 2 amide bonds. The summed E-state index contributed by atoms with van der Waals surface area (Å²) < 4.78 is 5.02. The van der Waals surface area contributed by atoms with Crippen molar-refractivity contribution in [3.63, 3.8) is 0 Å². The van der Waals surface area contributed by atoms with Crippen LogP contribution in [0.25, 0.3) is 0 Å². The Morgan fingerprint density at radius 1 is 1.35 bits per heavy atom. The van der Waals surface area contributed by atoms with Gasteiger partial charge < -0.3 is 15.4 Å². The molecule has 0 saturated carbocycles. The largest absolute Gasteiger partial charge is 0.481 e. The zero-order valence-electron chi connectivity index (χ0n) is 10.9. The first-order valence-corrected chi connectivity index (χ1v) is 6.35. The average Bonchev–Trinajstić information content (AvgIpc) is 2.48. The first-order chi connectivity index (χ1) is 9.69. The average molecular weight is 292 g/mol. The van der Waals surface area contributed by atoms with Gasteiger partial charge in [-0.1, -0.05) is 23.7 Å². The summed E-state index contributed by atoms with van der Waals surface area (Å²) in [5, 5.41) is 5.91. The Labute approximate surface area is 121 Å². The number of anilines is 1. The number of carbonyl (C=O) groups is 1. The molecule has 0 fully saturated rings. The number of rotatable bonds is 4. The predicted molar refractivity (Wildman–Crippen MR) is 78.1 cm³/mol. The van der Waals surface area contributed by atoms with Crippen LogP contribution < -0.4 is 15.4 Å². The van der Waals surface area contributed by atoms with Gasteiger partial charge in [-0.3, -0.25) is 0 Å². The van der Waals surface area contributed by atoms with Crippen LogP contribution >= 0.6 is 11.6 Å². The van der Waals surface area contributed by atoms with E-state index in [1.807, 2.05) is 0 Å². The number of hydrogen-bond acceptors (Lipinski definition) is 3. The van der Waals surface area contributed by atoms with Gasteiger partial charge in [-0.25, -0.2) is 9.78 Å². The Morgan fingerprint density at radius 3 is 2.90 bits per heavy atom. The summed E-state index contributed by atoms with van der Waals surface area (Å²) in [4.78, 5) is 15.8. The number of methoxy groups -OCH3 is 1. The van der Waals surface area contributed by atoms with Crippen molar-refractivity contribution in [2.75, 3.05) is 12.4 Å². The van der Waals surface area contributed by atoms with Gasteiger partial charge in [0, 0.05) is 18.8 Å². The van der Waals surface area contributed by atoms with Gasteiger partial charge >= 0.3 is 6.03 Å². The SMILES string of the molecule is COc1cc(CNC(=O)Nc2ccccc2Cl)ccn1. The van der Waals surface area contributed by atoms with Crippen LogP contribution in [0, 0.1) is 0 Å². The van der Waals surface area contributed by atoms with Crippen molar-refractivity contribution < 1.29 is 9.53 Å². The number of aromatic nitrogens is 1. The molecule has 0 aliphatic heterocycles. The monoisotopic (exact) mass is 291 g/mol. The summed E-state index contributed by atoms with van der Waals surface area (Å²) >= 11 is 5.96. The molecular formula is C14H14ClN3O2. The fourth-order valence-corrected chi connectivity index (χ4v) is 1.77. The summed E-state index contributed by atoms with van der Waals surface area (Å²) in [5.74, 6) is 0.510. The molecule has 0 unspecified atom stereocenters. The number of nitrogens with zero attached hydrogens (tertiary/aromatic N) is 1. The molecule has 104 valence electrons. The van der Waals surface area contributed by atoms with Crippen LogP contribution in [-0.2, 0) is 6.54 Å². The van der Waals surface area contributed by atoms with Gasteiger partial charge in [0.05, 0.1) is 17.8 Å². The molecule has 6 heteroatoms. The second-order valence-electron chi connectivity index (χ2n) is 3.99. The van der Waals surface area contributed by atoms with Crippen molar-refractivity contribution in [3.8, 4) is 5.88 Å². The van der Waals surface area contributed by atoms with Crippen LogP contribution in [0.4, 0.5) is 10.5 Å². The molecule has 1 aromatic carbocycles. The second-order valence-corrected chi connectivity index (χ2v) is 4.40. The van der Waals surface area contributed by atoms with Gasteiger partial charge in [0.1, 0.15) is 0 Å². The van der Waals surface area contributed by atoms with E-state index in [-0.39, 0.29) is 6.03 Å². The maximum absolute atomic E-state index is 11.8. The van der Waals surface area contributed by atoms with Crippen LogP contribution in [0.2, 0.25) is 5.02 Å². The minimum absolute atomic E-state index is 0.325. The minimum atomic E-state index is -0.325. The lowest BCUT2D eigenvalue weighted by atomic mass is 10.2. The molecule has 5 nitrogen and oxygen atoms in total. The Hall–Kier alpha value is -2.27. The highest BCUT2D eigenvalue weighted by molar-refractivity contribution is 6.33. The highest BCUT2D eigenvalue weighted by Crippen LogP contribution is 2.20. The van der Waals surface area contributed by atoms with Crippen LogP contribution in [0.3, 0.4) is 0 Å². The summed E-state index contributed by atoms with van der Waals surface area (Å²) in [5.41, 5.74) is 1.46. The molecule has 0 saturated heterocycles. The summed E-state index contributed by atoms with van der Waals surface area (Å²) in [6.07, 6.45) is 1.63. The van der Waals surface area contributed by atoms with E-state index in [1.165, 1.54) is 0 Å². The molecule has 0 atom stereocenters. The number of carbonyl (C=O) groups excluding carboxylic acids is 1. The standard InChI is InChI=1S/C14H14ClN3O2/c1-20-13-8-10(6-7-16-13)9-17-14(19)18-12-5-3-2-4-11(12)15/h2-8H,9H2,1H3,(H2,17,18,19). The molecule has 0 radical (unpaired) electrons. The molecule has 2 aromatic rings. The van der Waals surface area contributed by atoms with E-state index in [1.54, 1.807) is 49.7 Å². The number of para-hydroxylation sites is 1. The Bertz CT molecular complexity index is 604. The van der Waals surface area contributed by atoms with E-state index in [0.717, 1.165) is 5.56 Å². The zero-order chi connectivity index (χ0) is 14.4. The summed E-state index contributed by atoms with van der Waals surface area (Å²) in [6.45, 7) is 0.370. The molecule has 0 aliphatic carbocycles. The fourth-order valence-electron chi connectivity index (χ4n) is 1.58. The maximum Gasteiger partial charge on any atom is 0.319 e. The van der Waals surface area contributed by atoms with Crippen LogP contribution in [-0.4, -0.2) is 18.1 Å². The molecule has 20 heavy (non-hydrogen) atoms. The highest BCUT2D eigenvalue weighted by Gasteiger charge is 2.05. The quantitative estimate of drug-likeness (QED) is 0.910. The van der Waals surface area contributed by atoms with Crippen molar-refractivity contribution in [1.29, 1.82) is 0 Å². The van der Waals surface area contributed by atoms with Gasteiger partial charge in [0.15, 0.2) is 0 Å². The minimum Gasteiger partial charge on any atom is -0.481 e. The Balaban J connectivity index is 1.90. The number of ether oxygens (including phenoxy) is 1. The lowest BCUT2D eigenvalue weighted by Gasteiger charge is -2.09. The number of amides is 2. The van der Waals surface area contributed by atoms with Crippen LogP contribution in [0.5, 0.6) is 5.88 Å². The lowest BCUT2D eigenvalue weighted by molar-refractivity contribution is 0.251. The highest BCUT2D eigenvalue weighted by atomic mass is 35.5. The molecule has 2 rings (SSSR count). The van der Waals surface area contributed by atoms with E-state index >= 15 is 0 Å². The molecular weight excluding hydrogens is 278 g/mol. The second kappa shape index (κ2) is 6.77. The van der Waals surface area contributed by atoms with Gasteiger partial charge in [-0.2, -0.15) is 0 Å². The predicted octanol–water partition coefficient (Wildman–Crippen LogP) is 3.07. The fraction of sp³-hybridized carbons (Fsp3) is 0.143. The number of halogens is 1. The van der Waals surface area contributed by atoms with E-state index in [4.69, 9.17) is 16.3 Å². The van der Waals surface area contributed by atoms with Gasteiger partial charge in [-0.05, 0) is 23.8 Å². The number of nitrogens with one attached hydrogen (secondary N) is 2. The first kappa shape index (κ1) is 14.1. The Kier molecular flexibility index (Phi) is 4.79. The van der Waals surface area contributed by atoms with Crippen molar-refractivity contribution in [1.82, 2.24) is 10.3 Å². The smallest absolute Gasteiger partial charge is 0.319 e. The Morgan fingerprint density at radius 2 is 2.15 bits per heavy atom. The molecule has 2 N–H and O–H groups in total. The third-order valence-electron chi connectivity index (χ3n) is 2.58. The molecule has 0 bridgehead atoms. The van der Waals surface area contributed by atoms with E-state index in [9.17, 15) is 4.79 Å². The van der Waals surface area contributed by atoms with E-state index in [2.05, 4.69) is 15.6 Å². The number of hydrogen-bond donors (Lipinski definition) is 2. The number of benzene rings is 1. The molecule has 1 aromatic heterocycles. The van der Waals surface area contributed by atoms with Crippen molar-refractivity contribution in [2.45, 2.75) is 6.54 Å². The van der Waals surface area contributed by atoms with Crippen molar-refractivity contribution >= 4 is 23.3 Å². The van der Waals surface area contributed by atoms with Gasteiger partial charge in [-0.15, -0.1) is 0 Å². The summed E-state index contributed by atoms with van der Waals surface area (Å²) in [7, 11) is 1.55. The van der Waals surface area contributed by atoms with Crippen molar-refractivity contribution in [2.24, 2.45) is 0 Å². The van der Waals surface area contributed by atoms with Gasteiger partial charge in [0.25, 0.3) is 0 Å². The van der Waals surface area contributed by atoms with Crippen LogP contribution in [0.15, 0.2) is 42.6 Å². The molecule has 1 heterocycles. The number of pyridine rings is 1. The molecule has 0 spiro atoms. The number of urea groups is 1. The third kappa shape index (κ3) is 3.86. The summed E-state index contributed by atoms with van der Waals surface area (Å²) in [6, 6.07) is 10.3. The zero-order valence-corrected chi connectivity index (χ0v) is 11.6. The topological polar surface area (TPSA) is 63.2 Å². The third-order valence-corrected chi connectivity index (χ3v) is 2.91.